The lowest BCUT2D eigenvalue weighted by Crippen LogP contribution is -2.33. The van der Waals surface area contributed by atoms with Gasteiger partial charge in [0.2, 0.25) is 5.91 Å². The number of carbonyl (C=O) groups excluding carboxylic acids is 2. The van der Waals surface area contributed by atoms with Crippen molar-refractivity contribution in [2.75, 3.05) is 11.1 Å². The lowest BCUT2D eigenvalue weighted by Gasteiger charge is -2.22. The van der Waals surface area contributed by atoms with Crippen LogP contribution < -0.4 is 10.6 Å². The topological polar surface area (TPSA) is 88.9 Å². The second-order valence-corrected chi connectivity index (χ2v) is 10.4. The fourth-order valence-electron chi connectivity index (χ4n) is 3.19. The fraction of sp³-hybridized carbons (Fsp3) is 0.304. The van der Waals surface area contributed by atoms with Gasteiger partial charge in [0.1, 0.15) is 0 Å². The van der Waals surface area contributed by atoms with Crippen molar-refractivity contribution >= 4 is 68.4 Å². The first-order valence-corrected chi connectivity index (χ1v) is 13.1. The normalized spacial score (nSPS) is 12.0. The third kappa shape index (κ3) is 6.75. The average molecular weight is 585 g/mol. The molecule has 7 nitrogen and oxygen atoms in total. The summed E-state index contributed by atoms with van der Waals surface area (Å²) in [5.41, 5.74) is 1.12. The molecule has 2 aromatic carbocycles. The van der Waals surface area contributed by atoms with Gasteiger partial charge in [0, 0.05) is 22.3 Å². The molecule has 1 heterocycles. The summed E-state index contributed by atoms with van der Waals surface area (Å²) in [6.45, 7) is 6.54. The molecular weight excluding hydrogens is 561 g/mol. The Hall–Kier alpha value is -2.07. The molecule has 2 amide bonds. The van der Waals surface area contributed by atoms with Crippen molar-refractivity contribution in [3.8, 4) is 0 Å². The average Bonchev–Trinajstić information content (AvgIpc) is 3.21. The number of nitrogens with zero attached hydrogens (tertiary/aromatic N) is 3. The molecule has 3 aromatic rings. The van der Waals surface area contributed by atoms with Gasteiger partial charge in [0.25, 0.3) is 5.91 Å². The second kappa shape index (κ2) is 12.1. The van der Waals surface area contributed by atoms with Crippen molar-refractivity contribution in [2.24, 2.45) is 5.92 Å². The quantitative estimate of drug-likeness (QED) is 0.291. The van der Waals surface area contributed by atoms with E-state index in [2.05, 4.69) is 36.8 Å². The predicted octanol–water partition coefficient (Wildman–Crippen LogP) is 6.23. The number of thioether (sulfide) groups is 1. The van der Waals surface area contributed by atoms with Gasteiger partial charge >= 0.3 is 0 Å². The van der Waals surface area contributed by atoms with Crippen LogP contribution in [0.2, 0.25) is 10.0 Å². The van der Waals surface area contributed by atoms with E-state index in [0.29, 0.717) is 33.1 Å². The molecule has 1 atom stereocenters. The summed E-state index contributed by atoms with van der Waals surface area (Å²) in [5, 5.41) is 15.8. The first-order valence-electron chi connectivity index (χ1n) is 10.6. The maximum atomic E-state index is 12.9. The lowest BCUT2D eigenvalue weighted by molar-refractivity contribution is -0.113. The number of carbonyl (C=O) groups is 2. The highest BCUT2D eigenvalue weighted by atomic mass is 79.9. The van der Waals surface area contributed by atoms with Gasteiger partial charge in [-0.1, -0.05) is 64.7 Å². The largest absolute Gasteiger partial charge is 0.342 e. The number of anilines is 1. The maximum absolute atomic E-state index is 12.9. The molecule has 0 saturated heterocycles. The summed E-state index contributed by atoms with van der Waals surface area (Å²) in [6, 6.07) is 11.7. The van der Waals surface area contributed by atoms with Crippen LogP contribution >= 0.6 is 50.9 Å². The Bertz CT molecular complexity index is 1170. The van der Waals surface area contributed by atoms with Crippen molar-refractivity contribution < 1.29 is 9.59 Å². The molecule has 0 radical (unpaired) electrons. The van der Waals surface area contributed by atoms with E-state index >= 15 is 0 Å². The summed E-state index contributed by atoms with van der Waals surface area (Å²) >= 11 is 16.7. The number of benzene rings is 2. The van der Waals surface area contributed by atoms with Crippen molar-refractivity contribution in [3.05, 3.63) is 68.4 Å². The van der Waals surface area contributed by atoms with Crippen LogP contribution in [0.3, 0.4) is 0 Å². The minimum absolute atomic E-state index is 0.0415. The number of aromatic nitrogens is 3. The van der Waals surface area contributed by atoms with Crippen LogP contribution in [0.5, 0.6) is 0 Å². The van der Waals surface area contributed by atoms with E-state index in [0.717, 1.165) is 10.2 Å². The maximum Gasteiger partial charge on any atom is 0.251 e. The molecule has 0 aliphatic carbocycles. The van der Waals surface area contributed by atoms with Crippen LogP contribution in [0.1, 0.15) is 43.0 Å². The van der Waals surface area contributed by atoms with E-state index < -0.39 is 0 Å². The summed E-state index contributed by atoms with van der Waals surface area (Å²) in [5.74, 6) is 0.413. The lowest BCUT2D eigenvalue weighted by atomic mass is 10.0. The zero-order valence-electron chi connectivity index (χ0n) is 18.8. The van der Waals surface area contributed by atoms with Gasteiger partial charge in [-0.2, -0.15) is 0 Å². The molecule has 0 aliphatic rings. The molecule has 3 rings (SSSR count). The summed E-state index contributed by atoms with van der Waals surface area (Å²) in [6.07, 6.45) is 0. The molecule has 0 spiro atoms. The highest BCUT2D eigenvalue weighted by molar-refractivity contribution is 9.10. The van der Waals surface area contributed by atoms with Crippen molar-refractivity contribution in [2.45, 2.75) is 38.5 Å². The van der Waals surface area contributed by atoms with Crippen LogP contribution in [0.4, 0.5) is 5.69 Å². The number of hydrogen-bond donors (Lipinski definition) is 2. The third-order valence-electron chi connectivity index (χ3n) is 4.94. The Kier molecular flexibility index (Phi) is 9.41. The molecule has 2 N–H and O–H groups in total. The fourth-order valence-corrected chi connectivity index (χ4v) is 4.56. The van der Waals surface area contributed by atoms with Gasteiger partial charge in [0.15, 0.2) is 11.0 Å². The van der Waals surface area contributed by atoms with Gasteiger partial charge in [-0.25, -0.2) is 0 Å². The van der Waals surface area contributed by atoms with Gasteiger partial charge in [0.05, 0.1) is 21.8 Å². The first-order chi connectivity index (χ1) is 16.2. The molecule has 0 unspecified atom stereocenters. The van der Waals surface area contributed by atoms with Crippen LogP contribution in [0.15, 0.2) is 52.1 Å². The standard InChI is InChI=1S/C23H24BrCl2N5O2S/c1-4-31-21(20(13(2)3)28-22(33)14-5-10-17(25)18(26)11-14)29-30-23(31)34-12-19(32)27-16-8-6-15(24)7-9-16/h5-11,13,20H,4,12H2,1-3H3,(H,27,32)(H,28,33)/t20-/m1/s1. The first kappa shape index (κ1) is 26.5. The highest BCUT2D eigenvalue weighted by Gasteiger charge is 2.26. The molecule has 34 heavy (non-hydrogen) atoms. The zero-order chi connectivity index (χ0) is 24.8. The zero-order valence-corrected chi connectivity index (χ0v) is 22.7. The number of halogens is 3. The second-order valence-electron chi connectivity index (χ2n) is 7.75. The Labute approximate surface area is 221 Å². The number of rotatable bonds is 9. The van der Waals surface area contributed by atoms with E-state index in [9.17, 15) is 9.59 Å². The summed E-state index contributed by atoms with van der Waals surface area (Å²) in [4.78, 5) is 25.3. The SMILES string of the molecule is CCn1c(SCC(=O)Nc2ccc(Br)cc2)nnc1[C@H](NC(=O)c1ccc(Cl)c(Cl)c1)C(C)C. The predicted molar refractivity (Wildman–Crippen MR) is 141 cm³/mol. The van der Waals surface area contributed by atoms with Crippen LogP contribution in [0.25, 0.3) is 0 Å². The minimum atomic E-state index is -0.389. The Morgan fingerprint density at radius 1 is 1.09 bits per heavy atom. The molecule has 180 valence electrons. The van der Waals surface area contributed by atoms with E-state index in [1.54, 1.807) is 12.1 Å². The third-order valence-corrected chi connectivity index (χ3v) is 7.17. The molecule has 1 aromatic heterocycles. The van der Waals surface area contributed by atoms with Gasteiger partial charge in [-0.3, -0.25) is 9.59 Å². The Balaban J connectivity index is 1.71. The molecule has 0 bridgehead atoms. The Morgan fingerprint density at radius 2 is 1.79 bits per heavy atom. The summed E-state index contributed by atoms with van der Waals surface area (Å²) < 4.78 is 2.85. The van der Waals surface area contributed by atoms with E-state index in [-0.39, 0.29) is 29.5 Å². The Morgan fingerprint density at radius 3 is 2.41 bits per heavy atom. The number of amides is 2. The van der Waals surface area contributed by atoms with Gasteiger partial charge < -0.3 is 15.2 Å². The molecule has 0 fully saturated rings. The minimum Gasteiger partial charge on any atom is -0.342 e. The van der Waals surface area contributed by atoms with E-state index in [1.807, 2.05) is 49.6 Å². The molecule has 0 aliphatic heterocycles. The molecular formula is C23H24BrCl2N5O2S. The summed E-state index contributed by atoms with van der Waals surface area (Å²) in [7, 11) is 0. The van der Waals surface area contributed by atoms with Gasteiger partial charge in [-0.15, -0.1) is 10.2 Å². The smallest absolute Gasteiger partial charge is 0.251 e. The van der Waals surface area contributed by atoms with Gasteiger partial charge in [-0.05, 0) is 55.3 Å². The van der Waals surface area contributed by atoms with Crippen LogP contribution in [0, 0.1) is 5.92 Å². The van der Waals surface area contributed by atoms with Crippen molar-refractivity contribution in [1.29, 1.82) is 0 Å². The van der Waals surface area contributed by atoms with Crippen molar-refractivity contribution in [3.63, 3.8) is 0 Å². The highest BCUT2D eigenvalue weighted by Crippen LogP contribution is 2.27. The monoisotopic (exact) mass is 583 g/mol. The van der Waals surface area contributed by atoms with Crippen LogP contribution in [-0.2, 0) is 11.3 Å². The van der Waals surface area contributed by atoms with E-state index in [1.165, 1.54) is 17.8 Å². The van der Waals surface area contributed by atoms with E-state index in [4.69, 9.17) is 23.2 Å². The molecule has 11 heteroatoms. The van der Waals surface area contributed by atoms with Crippen molar-refractivity contribution in [1.82, 2.24) is 20.1 Å². The number of hydrogen-bond acceptors (Lipinski definition) is 5. The molecule has 0 saturated carbocycles. The van der Waals surface area contributed by atoms with Crippen LogP contribution in [-0.4, -0.2) is 32.3 Å². The number of nitrogens with one attached hydrogen (secondary N) is 2.